The third-order valence-electron chi connectivity index (χ3n) is 3.85. The van der Waals surface area contributed by atoms with Crippen LogP contribution in [0.1, 0.15) is 12.8 Å². The highest BCUT2D eigenvalue weighted by atomic mass is 19.1. The fraction of sp³-hybridized carbons (Fsp3) is 0.500. The van der Waals surface area contributed by atoms with Crippen LogP contribution in [0.15, 0.2) is 24.3 Å². The Labute approximate surface area is 112 Å². The molecule has 2 heterocycles. The Morgan fingerprint density at radius 2 is 2.16 bits per heavy atom. The van der Waals surface area contributed by atoms with E-state index in [4.69, 9.17) is 0 Å². The van der Waals surface area contributed by atoms with Gasteiger partial charge in [0.1, 0.15) is 5.82 Å². The first-order chi connectivity index (χ1) is 9.25. The first kappa shape index (κ1) is 12.6. The van der Waals surface area contributed by atoms with Crippen LogP contribution in [0.25, 0.3) is 0 Å². The summed E-state index contributed by atoms with van der Waals surface area (Å²) >= 11 is 0. The van der Waals surface area contributed by atoms with E-state index in [1.807, 2.05) is 0 Å². The summed E-state index contributed by atoms with van der Waals surface area (Å²) in [6.45, 7) is 2.48. The first-order valence-electron chi connectivity index (χ1n) is 6.78. The molecule has 2 atom stereocenters. The van der Waals surface area contributed by atoms with Crippen LogP contribution in [0.5, 0.6) is 0 Å². The lowest BCUT2D eigenvalue weighted by atomic mass is 10.2. The van der Waals surface area contributed by atoms with Crippen molar-refractivity contribution in [2.75, 3.05) is 24.5 Å². The lowest BCUT2D eigenvalue weighted by Crippen LogP contribution is -2.44. The van der Waals surface area contributed by atoms with Gasteiger partial charge in [-0.2, -0.15) is 0 Å². The van der Waals surface area contributed by atoms with E-state index in [-0.39, 0.29) is 17.8 Å². The van der Waals surface area contributed by atoms with Crippen molar-refractivity contribution in [1.82, 2.24) is 10.6 Å². The van der Waals surface area contributed by atoms with E-state index in [0.29, 0.717) is 18.3 Å². The molecule has 1 aromatic carbocycles. The van der Waals surface area contributed by atoms with Crippen LogP contribution >= 0.6 is 0 Å². The van der Waals surface area contributed by atoms with Crippen LogP contribution in [-0.4, -0.2) is 37.6 Å². The quantitative estimate of drug-likeness (QED) is 0.851. The zero-order chi connectivity index (χ0) is 13.2. The fourth-order valence-corrected chi connectivity index (χ4v) is 2.83. The van der Waals surface area contributed by atoms with E-state index in [1.165, 1.54) is 6.07 Å². The minimum atomic E-state index is -0.334. The molecule has 2 fully saturated rings. The molecule has 3 rings (SSSR count). The maximum Gasteiger partial charge on any atom is 0.244 e. The molecule has 0 aromatic heterocycles. The van der Waals surface area contributed by atoms with E-state index in [0.717, 1.165) is 25.9 Å². The monoisotopic (exact) mass is 263 g/mol. The zero-order valence-electron chi connectivity index (χ0n) is 10.7. The van der Waals surface area contributed by atoms with Crippen LogP contribution in [-0.2, 0) is 4.79 Å². The van der Waals surface area contributed by atoms with E-state index >= 15 is 0 Å². The highest BCUT2D eigenvalue weighted by Crippen LogP contribution is 2.24. The highest BCUT2D eigenvalue weighted by molar-refractivity contribution is 5.99. The Morgan fingerprint density at radius 1 is 1.32 bits per heavy atom. The van der Waals surface area contributed by atoms with E-state index in [2.05, 4.69) is 10.6 Å². The van der Waals surface area contributed by atoms with Gasteiger partial charge in [-0.1, -0.05) is 12.1 Å². The SMILES string of the molecule is O=C1C(NC2CCNC2)CCN1c1ccccc1F. The predicted molar refractivity (Wildman–Crippen MR) is 71.6 cm³/mol. The average Bonchev–Trinajstić information content (AvgIpc) is 3.03. The summed E-state index contributed by atoms with van der Waals surface area (Å²) in [4.78, 5) is 13.9. The normalized spacial score (nSPS) is 27.2. The van der Waals surface area contributed by atoms with Crippen molar-refractivity contribution >= 4 is 11.6 Å². The molecule has 2 aliphatic rings. The third kappa shape index (κ3) is 2.48. The molecule has 19 heavy (non-hydrogen) atoms. The van der Waals surface area contributed by atoms with Gasteiger partial charge in [-0.15, -0.1) is 0 Å². The largest absolute Gasteiger partial charge is 0.315 e. The van der Waals surface area contributed by atoms with Crippen LogP contribution in [0.2, 0.25) is 0 Å². The Kier molecular flexibility index (Phi) is 3.48. The van der Waals surface area contributed by atoms with Gasteiger partial charge in [0.2, 0.25) is 5.91 Å². The number of rotatable bonds is 3. The van der Waals surface area contributed by atoms with Gasteiger partial charge in [-0.05, 0) is 31.5 Å². The molecular weight excluding hydrogens is 245 g/mol. The van der Waals surface area contributed by atoms with Gasteiger partial charge in [-0.25, -0.2) is 4.39 Å². The fourth-order valence-electron chi connectivity index (χ4n) is 2.83. The summed E-state index contributed by atoms with van der Waals surface area (Å²) in [5, 5.41) is 6.64. The van der Waals surface area contributed by atoms with Gasteiger partial charge in [0.25, 0.3) is 0 Å². The highest BCUT2D eigenvalue weighted by Gasteiger charge is 2.35. The minimum Gasteiger partial charge on any atom is -0.315 e. The topological polar surface area (TPSA) is 44.4 Å². The molecule has 0 saturated carbocycles. The smallest absolute Gasteiger partial charge is 0.244 e. The maximum absolute atomic E-state index is 13.7. The number of nitrogens with zero attached hydrogens (tertiary/aromatic N) is 1. The molecule has 2 unspecified atom stereocenters. The van der Waals surface area contributed by atoms with Crippen molar-refractivity contribution in [2.45, 2.75) is 24.9 Å². The van der Waals surface area contributed by atoms with Crippen LogP contribution in [0.3, 0.4) is 0 Å². The molecule has 2 saturated heterocycles. The molecule has 2 N–H and O–H groups in total. The molecule has 1 amide bonds. The Hall–Kier alpha value is -1.46. The lowest BCUT2D eigenvalue weighted by Gasteiger charge is -2.19. The van der Waals surface area contributed by atoms with Gasteiger partial charge in [0.05, 0.1) is 11.7 Å². The molecule has 0 radical (unpaired) electrons. The molecule has 0 aliphatic carbocycles. The summed E-state index contributed by atoms with van der Waals surface area (Å²) in [7, 11) is 0. The molecule has 4 nitrogen and oxygen atoms in total. The Bertz CT molecular complexity index is 474. The number of carbonyl (C=O) groups excluding carboxylic acids is 1. The summed E-state index contributed by atoms with van der Waals surface area (Å²) in [5.41, 5.74) is 0.390. The summed E-state index contributed by atoms with van der Waals surface area (Å²) in [6.07, 6.45) is 1.78. The van der Waals surface area contributed by atoms with Gasteiger partial charge < -0.3 is 15.5 Å². The molecule has 2 aliphatic heterocycles. The molecule has 102 valence electrons. The van der Waals surface area contributed by atoms with E-state index in [9.17, 15) is 9.18 Å². The molecule has 5 heteroatoms. The number of nitrogens with one attached hydrogen (secondary N) is 2. The predicted octanol–water partition coefficient (Wildman–Crippen LogP) is 0.882. The zero-order valence-corrected chi connectivity index (χ0v) is 10.7. The van der Waals surface area contributed by atoms with Crippen LogP contribution in [0.4, 0.5) is 10.1 Å². The van der Waals surface area contributed by atoms with E-state index < -0.39 is 0 Å². The van der Waals surface area contributed by atoms with Crippen molar-refractivity contribution in [1.29, 1.82) is 0 Å². The van der Waals surface area contributed by atoms with Crippen LogP contribution in [0, 0.1) is 5.82 Å². The van der Waals surface area contributed by atoms with Gasteiger partial charge in [-0.3, -0.25) is 4.79 Å². The Morgan fingerprint density at radius 3 is 2.89 bits per heavy atom. The van der Waals surface area contributed by atoms with Crippen molar-refractivity contribution in [3.05, 3.63) is 30.1 Å². The number of hydrogen-bond acceptors (Lipinski definition) is 3. The van der Waals surface area contributed by atoms with Gasteiger partial charge in [0.15, 0.2) is 0 Å². The number of para-hydroxylation sites is 1. The minimum absolute atomic E-state index is 0.0167. The van der Waals surface area contributed by atoms with Crippen molar-refractivity contribution in [3.63, 3.8) is 0 Å². The molecule has 1 aromatic rings. The standard InChI is InChI=1S/C14H18FN3O/c15-11-3-1-2-4-13(11)18-8-6-12(14(18)19)17-10-5-7-16-9-10/h1-4,10,12,16-17H,5-9H2. The van der Waals surface area contributed by atoms with Crippen molar-refractivity contribution in [2.24, 2.45) is 0 Å². The second-order valence-corrected chi connectivity index (χ2v) is 5.14. The summed E-state index contributed by atoms with van der Waals surface area (Å²) in [5.74, 6) is -0.351. The number of benzene rings is 1. The first-order valence-corrected chi connectivity index (χ1v) is 6.78. The third-order valence-corrected chi connectivity index (χ3v) is 3.85. The summed E-state index contributed by atoms with van der Waals surface area (Å²) < 4.78 is 13.7. The van der Waals surface area contributed by atoms with Crippen molar-refractivity contribution in [3.8, 4) is 0 Å². The number of amides is 1. The second kappa shape index (κ2) is 5.27. The number of hydrogen-bond donors (Lipinski definition) is 2. The van der Waals surface area contributed by atoms with Gasteiger partial charge >= 0.3 is 0 Å². The second-order valence-electron chi connectivity index (χ2n) is 5.14. The van der Waals surface area contributed by atoms with Gasteiger partial charge in [0, 0.05) is 19.1 Å². The lowest BCUT2D eigenvalue weighted by molar-refractivity contribution is -0.119. The molecule has 0 spiro atoms. The molecule has 0 bridgehead atoms. The maximum atomic E-state index is 13.7. The molecular formula is C14H18FN3O. The van der Waals surface area contributed by atoms with Crippen LogP contribution < -0.4 is 15.5 Å². The summed E-state index contributed by atoms with van der Waals surface area (Å²) in [6, 6.07) is 6.63. The van der Waals surface area contributed by atoms with Crippen molar-refractivity contribution < 1.29 is 9.18 Å². The Balaban J connectivity index is 1.69. The van der Waals surface area contributed by atoms with E-state index in [1.54, 1.807) is 23.1 Å². The number of carbonyl (C=O) groups is 1. The average molecular weight is 263 g/mol. The number of anilines is 1. The number of halogens is 1.